The Bertz CT molecular complexity index is 552. The molecular formula is C12H11Cl2FN2O2. The molecule has 1 aliphatic rings. The van der Waals surface area contributed by atoms with Crippen molar-refractivity contribution in [3.05, 3.63) is 28.0 Å². The van der Waals surface area contributed by atoms with Crippen LogP contribution in [0.3, 0.4) is 0 Å². The van der Waals surface area contributed by atoms with Gasteiger partial charge in [-0.3, -0.25) is 9.59 Å². The number of halogens is 3. The van der Waals surface area contributed by atoms with Crippen LogP contribution < -0.4 is 10.2 Å². The van der Waals surface area contributed by atoms with Gasteiger partial charge in [0.05, 0.1) is 10.0 Å². The summed E-state index contributed by atoms with van der Waals surface area (Å²) in [7, 11) is 0. The van der Waals surface area contributed by atoms with Gasteiger partial charge in [-0.15, -0.1) is 0 Å². The minimum Gasteiger partial charge on any atom is -0.341 e. The summed E-state index contributed by atoms with van der Waals surface area (Å²) in [4.78, 5) is 25.1. The van der Waals surface area contributed by atoms with Crippen LogP contribution in [-0.2, 0) is 9.59 Å². The van der Waals surface area contributed by atoms with E-state index in [0.29, 0.717) is 5.69 Å². The Hall–Kier alpha value is -1.33. The number of piperazine rings is 1. The maximum Gasteiger partial charge on any atom is 0.252 e. The van der Waals surface area contributed by atoms with Crippen molar-refractivity contribution in [2.45, 2.75) is 19.4 Å². The number of hydrogen-bond donors (Lipinski definition) is 1. The molecule has 0 bridgehead atoms. The normalized spacial score (nSPS) is 18.5. The summed E-state index contributed by atoms with van der Waals surface area (Å²) in [5.74, 6) is -1.37. The monoisotopic (exact) mass is 304 g/mol. The van der Waals surface area contributed by atoms with E-state index in [-0.39, 0.29) is 28.4 Å². The van der Waals surface area contributed by atoms with Crippen molar-refractivity contribution in [1.29, 1.82) is 0 Å². The highest BCUT2D eigenvalue weighted by Crippen LogP contribution is 2.31. The molecular weight excluding hydrogens is 294 g/mol. The predicted molar refractivity (Wildman–Crippen MR) is 71.0 cm³/mol. The molecule has 0 aromatic heterocycles. The molecule has 4 nitrogen and oxygen atoms in total. The van der Waals surface area contributed by atoms with E-state index >= 15 is 0 Å². The van der Waals surface area contributed by atoms with Crippen LogP contribution in [0.15, 0.2) is 12.1 Å². The van der Waals surface area contributed by atoms with Crippen LogP contribution in [0.4, 0.5) is 10.1 Å². The lowest BCUT2D eigenvalue weighted by Crippen LogP contribution is -2.64. The molecule has 1 aromatic carbocycles. The fraction of sp³-hybridized carbons (Fsp3) is 0.333. The minimum absolute atomic E-state index is 0.152. The first kappa shape index (κ1) is 14.1. The lowest BCUT2D eigenvalue weighted by molar-refractivity contribution is -0.134. The van der Waals surface area contributed by atoms with Gasteiger partial charge in [-0.05, 0) is 26.0 Å². The molecule has 19 heavy (non-hydrogen) atoms. The second-order valence-corrected chi connectivity index (χ2v) is 5.60. The highest BCUT2D eigenvalue weighted by atomic mass is 35.5. The Morgan fingerprint density at radius 3 is 2.32 bits per heavy atom. The van der Waals surface area contributed by atoms with Crippen LogP contribution in [0.5, 0.6) is 0 Å². The fourth-order valence-electron chi connectivity index (χ4n) is 1.90. The Morgan fingerprint density at radius 1 is 1.26 bits per heavy atom. The lowest BCUT2D eigenvalue weighted by Gasteiger charge is -2.37. The van der Waals surface area contributed by atoms with Crippen molar-refractivity contribution in [2.24, 2.45) is 0 Å². The zero-order chi connectivity index (χ0) is 14.4. The summed E-state index contributed by atoms with van der Waals surface area (Å²) in [6, 6.07) is 2.55. The van der Waals surface area contributed by atoms with Gasteiger partial charge >= 0.3 is 0 Å². The average Bonchev–Trinajstić information content (AvgIpc) is 2.29. The SMILES string of the molecule is CC1(C)NC(=O)CN(c2cc(Cl)c(F)c(Cl)c2)C1=O. The molecule has 0 radical (unpaired) electrons. The number of hydrogen-bond acceptors (Lipinski definition) is 2. The Balaban J connectivity index is 2.46. The van der Waals surface area contributed by atoms with Crippen LogP contribution in [0, 0.1) is 5.82 Å². The van der Waals surface area contributed by atoms with E-state index in [1.807, 2.05) is 0 Å². The van der Waals surface area contributed by atoms with Crippen LogP contribution in [0.1, 0.15) is 13.8 Å². The molecule has 1 N–H and O–H groups in total. The Labute approximate surface area is 119 Å². The molecule has 0 unspecified atom stereocenters. The van der Waals surface area contributed by atoms with E-state index in [9.17, 15) is 14.0 Å². The van der Waals surface area contributed by atoms with Gasteiger partial charge in [0.25, 0.3) is 5.91 Å². The minimum atomic E-state index is -1.03. The molecule has 1 heterocycles. The number of amides is 2. The van der Waals surface area contributed by atoms with Gasteiger partial charge in [0.1, 0.15) is 12.1 Å². The van der Waals surface area contributed by atoms with Gasteiger partial charge in [0, 0.05) is 5.69 Å². The second-order valence-electron chi connectivity index (χ2n) is 4.79. The number of nitrogens with zero attached hydrogens (tertiary/aromatic N) is 1. The summed E-state index contributed by atoms with van der Waals surface area (Å²) in [5, 5.41) is 2.18. The summed E-state index contributed by atoms with van der Waals surface area (Å²) >= 11 is 11.4. The number of rotatable bonds is 1. The van der Waals surface area contributed by atoms with Crippen molar-refractivity contribution < 1.29 is 14.0 Å². The summed E-state index contributed by atoms with van der Waals surface area (Å²) in [6.45, 7) is 3.03. The van der Waals surface area contributed by atoms with Crippen LogP contribution in [0.25, 0.3) is 0 Å². The van der Waals surface area contributed by atoms with E-state index in [1.54, 1.807) is 13.8 Å². The predicted octanol–water partition coefficient (Wildman–Crippen LogP) is 2.37. The highest BCUT2D eigenvalue weighted by molar-refractivity contribution is 6.35. The molecule has 102 valence electrons. The van der Waals surface area contributed by atoms with E-state index in [0.717, 1.165) is 0 Å². The number of benzene rings is 1. The average molecular weight is 305 g/mol. The second kappa shape index (κ2) is 4.65. The number of nitrogens with one attached hydrogen (secondary N) is 1. The zero-order valence-corrected chi connectivity index (χ0v) is 11.8. The molecule has 0 saturated carbocycles. The molecule has 2 amide bonds. The highest BCUT2D eigenvalue weighted by Gasteiger charge is 2.40. The third kappa shape index (κ3) is 2.53. The van der Waals surface area contributed by atoms with Crippen molar-refractivity contribution >= 4 is 40.7 Å². The van der Waals surface area contributed by atoms with Crippen LogP contribution in [0.2, 0.25) is 10.0 Å². The molecule has 0 spiro atoms. The van der Waals surface area contributed by atoms with Gasteiger partial charge in [0.15, 0.2) is 5.82 Å². The number of carbonyl (C=O) groups excluding carboxylic acids is 2. The van der Waals surface area contributed by atoms with Crippen molar-refractivity contribution in [1.82, 2.24) is 5.32 Å². The lowest BCUT2D eigenvalue weighted by atomic mass is 10.00. The molecule has 0 aliphatic carbocycles. The third-order valence-corrected chi connectivity index (χ3v) is 3.36. The molecule has 0 atom stereocenters. The first-order chi connectivity index (χ1) is 8.72. The summed E-state index contributed by atoms with van der Waals surface area (Å²) in [6.07, 6.45) is 0. The standard InChI is InChI=1S/C12H11Cl2FN2O2/c1-12(2)11(19)17(5-9(18)16-12)6-3-7(13)10(15)8(14)4-6/h3-4H,5H2,1-2H3,(H,16,18). The number of carbonyl (C=O) groups is 2. The van der Waals surface area contributed by atoms with Gasteiger partial charge in [0.2, 0.25) is 5.91 Å². The molecule has 2 rings (SSSR count). The van der Waals surface area contributed by atoms with E-state index in [2.05, 4.69) is 5.32 Å². The zero-order valence-electron chi connectivity index (χ0n) is 10.3. The summed E-state index contributed by atoms with van der Waals surface area (Å²) in [5.41, 5.74) is -0.729. The largest absolute Gasteiger partial charge is 0.341 e. The molecule has 1 aliphatic heterocycles. The van der Waals surface area contributed by atoms with Crippen LogP contribution >= 0.6 is 23.2 Å². The van der Waals surface area contributed by atoms with Gasteiger partial charge in [-0.25, -0.2) is 4.39 Å². The Morgan fingerprint density at radius 2 is 1.79 bits per heavy atom. The van der Waals surface area contributed by atoms with Gasteiger partial charge in [-0.1, -0.05) is 23.2 Å². The maximum absolute atomic E-state index is 13.4. The summed E-state index contributed by atoms with van der Waals surface area (Å²) < 4.78 is 13.4. The number of anilines is 1. The molecule has 1 aromatic rings. The van der Waals surface area contributed by atoms with E-state index in [4.69, 9.17) is 23.2 Å². The molecule has 1 saturated heterocycles. The quantitative estimate of drug-likeness (QED) is 0.810. The molecule has 1 fully saturated rings. The smallest absolute Gasteiger partial charge is 0.252 e. The van der Waals surface area contributed by atoms with E-state index in [1.165, 1.54) is 17.0 Å². The van der Waals surface area contributed by atoms with Gasteiger partial charge < -0.3 is 10.2 Å². The van der Waals surface area contributed by atoms with Crippen molar-refractivity contribution in [3.8, 4) is 0 Å². The topological polar surface area (TPSA) is 49.4 Å². The molecule has 7 heteroatoms. The fourth-order valence-corrected chi connectivity index (χ4v) is 2.38. The first-order valence-corrected chi connectivity index (χ1v) is 6.25. The van der Waals surface area contributed by atoms with Crippen molar-refractivity contribution in [2.75, 3.05) is 11.4 Å². The Kier molecular flexibility index (Phi) is 3.45. The maximum atomic E-state index is 13.4. The van der Waals surface area contributed by atoms with Crippen molar-refractivity contribution in [3.63, 3.8) is 0 Å². The first-order valence-electron chi connectivity index (χ1n) is 5.50. The van der Waals surface area contributed by atoms with E-state index < -0.39 is 11.4 Å². The third-order valence-electron chi connectivity index (χ3n) is 2.81. The van der Waals surface area contributed by atoms with Crippen LogP contribution in [-0.4, -0.2) is 23.9 Å². The van der Waals surface area contributed by atoms with Gasteiger partial charge in [-0.2, -0.15) is 0 Å².